The number of hydrogen-bond donors (Lipinski definition) is 1. The molecule has 1 N–H and O–H groups in total. The minimum absolute atomic E-state index is 0.0708. The minimum Gasteiger partial charge on any atom is -0.311 e. The Kier molecular flexibility index (Phi) is 4.20. The van der Waals surface area contributed by atoms with Crippen molar-refractivity contribution in [3.05, 3.63) is 45.3 Å². The number of anilines is 1. The molecule has 4 rings (SSSR count). The number of benzene rings is 1. The first-order valence-corrected chi connectivity index (χ1v) is 9.68. The highest BCUT2D eigenvalue weighted by Crippen LogP contribution is 2.42. The molecule has 0 bridgehead atoms. The number of Topliss-reactive ketones (excluding diaryl/α,β-unsaturated/α-hetero) is 1. The molecule has 0 radical (unpaired) electrons. The van der Waals surface area contributed by atoms with Crippen LogP contribution in [0.25, 0.3) is 5.57 Å². The Bertz CT molecular complexity index is 1080. The Morgan fingerprint density at radius 2 is 2.00 bits per heavy atom. The molecule has 1 saturated heterocycles. The predicted octanol–water partition coefficient (Wildman–Crippen LogP) is 2.89. The number of para-hydroxylation sites is 1. The lowest BCUT2D eigenvalue weighted by atomic mass is 10.1. The summed E-state index contributed by atoms with van der Waals surface area (Å²) in [7, 11) is 1.68. The number of aromatic nitrogens is 1. The molecule has 136 valence electrons. The van der Waals surface area contributed by atoms with Crippen molar-refractivity contribution in [3.63, 3.8) is 0 Å². The topological polar surface area (TPSA) is 91.7 Å². The van der Waals surface area contributed by atoms with Crippen LogP contribution < -0.4 is 10.2 Å². The van der Waals surface area contributed by atoms with Crippen molar-refractivity contribution >= 4 is 62.3 Å². The van der Waals surface area contributed by atoms with Gasteiger partial charge >= 0.3 is 0 Å². The Hall–Kier alpha value is -2.78. The fourth-order valence-corrected chi connectivity index (χ4v) is 4.78. The van der Waals surface area contributed by atoms with Crippen LogP contribution in [0.5, 0.6) is 0 Å². The van der Waals surface area contributed by atoms with Gasteiger partial charge in [-0.05, 0) is 24.8 Å². The van der Waals surface area contributed by atoms with Crippen LogP contribution in [-0.2, 0) is 9.59 Å². The van der Waals surface area contributed by atoms with Gasteiger partial charge in [0.25, 0.3) is 11.8 Å². The molecule has 3 heterocycles. The van der Waals surface area contributed by atoms with Crippen molar-refractivity contribution in [2.45, 2.75) is 13.8 Å². The number of thiazole rings is 1. The maximum absolute atomic E-state index is 12.7. The Morgan fingerprint density at radius 1 is 1.26 bits per heavy atom. The van der Waals surface area contributed by atoms with E-state index in [1.165, 1.54) is 23.2 Å². The van der Waals surface area contributed by atoms with Crippen molar-refractivity contribution in [1.29, 1.82) is 0 Å². The highest BCUT2D eigenvalue weighted by Gasteiger charge is 2.37. The SMILES string of the molecule is CC(=O)c1sc(/N=C2\NC(=O)/C(=C3/C(=O)N(C)c4ccccc43)S2)nc1C. The van der Waals surface area contributed by atoms with Gasteiger partial charge in [0.15, 0.2) is 11.0 Å². The first-order chi connectivity index (χ1) is 12.9. The number of hydrogen-bond acceptors (Lipinski definition) is 7. The number of fused-ring (bicyclic) bond motifs is 1. The van der Waals surface area contributed by atoms with E-state index in [2.05, 4.69) is 15.3 Å². The van der Waals surface area contributed by atoms with Gasteiger partial charge in [0, 0.05) is 19.5 Å². The summed E-state index contributed by atoms with van der Waals surface area (Å²) in [5, 5.41) is 3.41. The molecule has 0 aliphatic carbocycles. The number of carbonyl (C=O) groups is 3. The number of amidine groups is 1. The summed E-state index contributed by atoms with van der Waals surface area (Å²) >= 11 is 2.28. The Balaban J connectivity index is 1.73. The molecule has 1 aromatic heterocycles. The summed E-state index contributed by atoms with van der Waals surface area (Å²) in [5.74, 6) is -0.662. The van der Waals surface area contributed by atoms with Crippen molar-refractivity contribution in [2.75, 3.05) is 11.9 Å². The molecule has 0 unspecified atom stereocenters. The third-order valence-electron chi connectivity index (χ3n) is 4.21. The van der Waals surface area contributed by atoms with E-state index in [1.54, 1.807) is 14.0 Å². The number of ketones is 1. The molecule has 2 aromatic rings. The van der Waals surface area contributed by atoms with Gasteiger partial charge in [-0.2, -0.15) is 4.99 Å². The van der Waals surface area contributed by atoms with Crippen LogP contribution in [0.3, 0.4) is 0 Å². The van der Waals surface area contributed by atoms with Crippen LogP contribution in [0.15, 0.2) is 34.2 Å². The average molecular weight is 398 g/mol. The van der Waals surface area contributed by atoms with Crippen LogP contribution in [-0.4, -0.2) is 34.8 Å². The van der Waals surface area contributed by atoms with Gasteiger partial charge in [-0.1, -0.05) is 29.5 Å². The number of likely N-dealkylation sites (N-methyl/N-ethyl adjacent to an activating group) is 1. The van der Waals surface area contributed by atoms with Gasteiger partial charge in [-0.15, -0.1) is 0 Å². The maximum atomic E-state index is 12.7. The van der Waals surface area contributed by atoms with E-state index in [9.17, 15) is 14.4 Å². The van der Waals surface area contributed by atoms with Crippen molar-refractivity contribution in [3.8, 4) is 0 Å². The number of thioether (sulfide) groups is 1. The fourth-order valence-electron chi connectivity index (χ4n) is 2.97. The molecule has 0 atom stereocenters. The van der Waals surface area contributed by atoms with E-state index in [1.807, 2.05) is 24.3 Å². The van der Waals surface area contributed by atoms with E-state index < -0.39 is 0 Å². The zero-order valence-corrected chi connectivity index (χ0v) is 16.3. The number of aliphatic imine (C=N–C) groups is 1. The summed E-state index contributed by atoms with van der Waals surface area (Å²) in [4.78, 5) is 47.7. The highest BCUT2D eigenvalue weighted by molar-refractivity contribution is 8.18. The van der Waals surface area contributed by atoms with Crippen LogP contribution >= 0.6 is 23.1 Å². The molecule has 9 heteroatoms. The summed E-state index contributed by atoms with van der Waals surface area (Å²) < 4.78 is 0. The average Bonchev–Trinajstić information content (AvgIpc) is 3.24. The molecule has 2 aliphatic heterocycles. The van der Waals surface area contributed by atoms with Gasteiger partial charge < -0.3 is 10.2 Å². The van der Waals surface area contributed by atoms with Gasteiger partial charge in [0.2, 0.25) is 5.13 Å². The molecule has 0 saturated carbocycles. The van der Waals surface area contributed by atoms with E-state index in [4.69, 9.17) is 0 Å². The zero-order chi connectivity index (χ0) is 19.3. The smallest absolute Gasteiger partial charge is 0.264 e. The summed E-state index contributed by atoms with van der Waals surface area (Å²) in [5.41, 5.74) is 2.49. The number of carbonyl (C=O) groups excluding carboxylic acids is 3. The number of rotatable bonds is 2. The largest absolute Gasteiger partial charge is 0.311 e. The highest BCUT2D eigenvalue weighted by atomic mass is 32.2. The van der Waals surface area contributed by atoms with Crippen molar-refractivity contribution in [1.82, 2.24) is 10.3 Å². The second kappa shape index (κ2) is 6.43. The molecule has 1 fully saturated rings. The molecular weight excluding hydrogens is 384 g/mol. The fraction of sp³-hybridized carbons (Fsp3) is 0.167. The first-order valence-electron chi connectivity index (χ1n) is 8.05. The van der Waals surface area contributed by atoms with Crippen LogP contribution in [0.1, 0.15) is 27.9 Å². The molecule has 2 aliphatic rings. The number of aryl methyl sites for hydroxylation is 1. The zero-order valence-electron chi connectivity index (χ0n) is 14.7. The molecule has 1 aromatic carbocycles. The molecule has 7 nitrogen and oxygen atoms in total. The Labute approximate surface area is 163 Å². The normalized spacial score (nSPS) is 20.4. The van der Waals surface area contributed by atoms with Crippen LogP contribution in [0, 0.1) is 6.92 Å². The first kappa shape index (κ1) is 17.6. The van der Waals surface area contributed by atoms with E-state index in [0.29, 0.717) is 31.3 Å². The third kappa shape index (κ3) is 2.88. The molecule has 2 amide bonds. The van der Waals surface area contributed by atoms with Gasteiger partial charge in [-0.3, -0.25) is 14.4 Å². The Morgan fingerprint density at radius 3 is 2.70 bits per heavy atom. The summed E-state index contributed by atoms with van der Waals surface area (Å²) in [6, 6.07) is 7.35. The van der Waals surface area contributed by atoms with Crippen LogP contribution in [0.4, 0.5) is 10.8 Å². The lowest BCUT2D eigenvalue weighted by Crippen LogP contribution is -2.23. The van der Waals surface area contributed by atoms with Gasteiger partial charge in [-0.25, -0.2) is 4.98 Å². The number of nitrogens with zero attached hydrogens (tertiary/aromatic N) is 3. The second-order valence-corrected chi connectivity index (χ2v) is 8.00. The maximum Gasteiger partial charge on any atom is 0.264 e. The lowest BCUT2D eigenvalue weighted by Gasteiger charge is -2.08. The number of amides is 2. The van der Waals surface area contributed by atoms with Gasteiger partial charge in [0.05, 0.1) is 26.7 Å². The van der Waals surface area contributed by atoms with Crippen molar-refractivity contribution in [2.24, 2.45) is 4.99 Å². The monoisotopic (exact) mass is 398 g/mol. The van der Waals surface area contributed by atoms with Crippen LogP contribution in [0.2, 0.25) is 0 Å². The van der Waals surface area contributed by atoms with E-state index >= 15 is 0 Å². The minimum atomic E-state index is -0.368. The number of nitrogens with one attached hydrogen (secondary N) is 1. The predicted molar refractivity (Wildman–Crippen MR) is 106 cm³/mol. The molecular formula is C18H14N4O3S2. The summed E-state index contributed by atoms with van der Waals surface area (Å²) in [6.07, 6.45) is 0. The quantitative estimate of drug-likeness (QED) is 0.620. The third-order valence-corrected chi connectivity index (χ3v) is 6.34. The van der Waals surface area contributed by atoms with Crippen molar-refractivity contribution < 1.29 is 14.4 Å². The second-order valence-electron chi connectivity index (χ2n) is 6.03. The molecule has 0 spiro atoms. The standard InChI is InChI=1S/C18H14N4O3S2/c1-8-13(9(2)23)26-17(19-8)21-18-20-15(24)14(27-18)12-10-6-4-5-7-11(10)22(3)16(12)25/h4-7H,1-3H3,(H,19,20,21,24)/b14-12-. The van der Waals surface area contributed by atoms with E-state index in [0.717, 1.165) is 23.0 Å². The van der Waals surface area contributed by atoms with E-state index in [-0.39, 0.29) is 17.6 Å². The summed E-state index contributed by atoms with van der Waals surface area (Å²) in [6.45, 7) is 3.22. The lowest BCUT2D eigenvalue weighted by molar-refractivity contribution is -0.116. The van der Waals surface area contributed by atoms with Gasteiger partial charge in [0.1, 0.15) is 0 Å². The molecule has 27 heavy (non-hydrogen) atoms.